The zero-order valence-electron chi connectivity index (χ0n) is 14.1. The molecule has 1 aromatic carbocycles. The van der Waals surface area contributed by atoms with E-state index >= 15 is 0 Å². The molecule has 0 fully saturated rings. The number of aryl methyl sites for hydroxylation is 2. The number of ether oxygens (including phenoxy) is 1. The van der Waals surface area contributed by atoms with Crippen LogP contribution in [0.3, 0.4) is 0 Å². The number of carbonyl (C=O) groups is 1. The van der Waals surface area contributed by atoms with Crippen LogP contribution >= 0.6 is 0 Å². The van der Waals surface area contributed by atoms with Gasteiger partial charge in [0.2, 0.25) is 0 Å². The number of nitrogens with zero attached hydrogens (tertiary/aromatic N) is 3. The van der Waals surface area contributed by atoms with Crippen molar-refractivity contribution in [2.75, 3.05) is 5.32 Å². The number of amides is 1. The lowest BCUT2D eigenvalue weighted by Crippen LogP contribution is -2.18. The molecule has 2 aromatic heterocycles. The average Bonchev–Trinajstić information content (AvgIpc) is 2.99. The van der Waals surface area contributed by atoms with E-state index < -0.39 is 0 Å². The highest BCUT2D eigenvalue weighted by Crippen LogP contribution is 2.23. The smallest absolute Gasteiger partial charge is 0.274 e. The Kier molecular flexibility index (Phi) is 4.76. The molecule has 0 spiro atoms. The van der Waals surface area contributed by atoms with Crippen molar-refractivity contribution in [1.29, 1.82) is 0 Å². The third kappa shape index (κ3) is 3.84. The van der Waals surface area contributed by atoms with E-state index in [1.54, 1.807) is 43.7 Å². The minimum atomic E-state index is -0.253. The van der Waals surface area contributed by atoms with Crippen molar-refractivity contribution in [3.63, 3.8) is 0 Å². The van der Waals surface area contributed by atoms with Gasteiger partial charge in [0.15, 0.2) is 0 Å². The van der Waals surface area contributed by atoms with Crippen LogP contribution in [0.2, 0.25) is 0 Å². The second-order valence-electron chi connectivity index (χ2n) is 5.56. The quantitative estimate of drug-likeness (QED) is 0.746. The Labute approximate surface area is 145 Å². The van der Waals surface area contributed by atoms with E-state index in [1.165, 1.54) is 4.68 Å². The maximum Gasteiger partial charge on any atom is 0.274 e. The molecule has 7 heteroatoms. The Morgan fingerprint density at radius 1 is 1.16 bits per heavy atom. The summed E-state index contributed by atoms with van der Waals surface area (Å²) in [5.41, 5.74) is 8.38. The predicted molar refractivity (Wildman–Crippen MR) is 94.5 cm³/mol. The number of rotatable bonds is 5. The van der Waals surface area contributed by atoms with Gasteiger partial charge in [-0.05, 0) is 43.3 Å². The fraction of sp³-hybridized carbons (Fsp3) is 0.167. The first-order chi connectivity index (χ1) is 12.1. The Hall–Kier alpha value is -3.19. The van der Waals surface area contributed by atoms with Crippen LogP contribution in [0.15, 0.2) is 48.8 Å². The van der Waals surface area contributed by atoms with Crippen molar-refractivity contribution in [2.45, 2.75) is 13.5 Å². The summed E-state index contributed by atoms with van der Waals surface area (Å²) in [5, 5.41) is 6.90. The largest absolute Gasteiger partial charge is 0.456 e. The van der Waals surface area contributed by atoms with E-state index in [1.807, 2.05) is 19.1 Å². The van der Waals surface area contributed by atoms with Gasteiger partial charge in [-0.3, -0.25) is 14.5 Å². The summed E-state index contributed by atoms with van der Waals surface area (Å²) in [4.78, 5) is 16.6. The second-order valence-corrected chi connectivity index (χ2v) is 5.56. The summed E-state index contributed by atoms with van der Waals surface area (Å²) < 4.78 is 7.23. The van der Waals surface area contributed by atoms with E-state index in [2.05, 4.69) is 15.4 Å². The van der Waals surface area contributed by atoms with Crippen LogP contribution in [0.4, 0.5) is 5.69 Å². The second kappa shape index (κ2) is 7.14. The standard InChI is InChI=1S/C18H19N5O2/c1-12-3-6-16(11-20-12)25-15-7-4-14(5-8-15)22-18(24)17-13(9-19)10-21-23(17)2/h3-8,10-11H,9,19H2,1-2H3,(H,22,24). The van der Waals surface area contributed by atoms with E-state index in [9.17, 15) is 4.79 Å². The van der Waals surface area contributed by atoms with Gasteiger partial charge in [-0.1, -0.05) is 0 Å². The van der Waals surface area contributed by atoms with Crippen LogP contribution in [-0.2, 0) is 13.6 Å². The fourth-order valence-corrected chi connectivity index (χ4v) is 2.37. The van der Waals surface area contributed by atoms with Crippen molar-refractivity contribution in [1.82, 2.24) is 14.8 Å². The van der Waals surface area contributed by atoms with Gasteiger partial charge in [0.25, 0.3) is 5.91 Å². The molecule has 0 aliphatic heterocycles. The molecular weight excluding hydrogens is 318 g/mol. The third-order valence-electron chi connectivity index (χ3n) is 3.68. The maximum absolute atomic E-state index is 12.4. The van der Waals surface area contributed by atoms with Crippen molar-refractivity contribution in [3.05, 3.63) is 65.7 Å². The summed E-state index contributed by atoms with van der Waals surface area (Å²) in [6.45, 7) is 2.17. The van der Waals surface area contributed by atoms with Crippen LogP contribution in [0, 0.1) is 6.92 Å². The maximum atomic E-state index is 12.4. The van der Waals surface area contributed by atoms with E-state index in [4.69, 9.17) is 10.5 Å². The summed E-state index contributed by atoms with van der Waals surface area (Å²) in [6.07, 6.45) is 3.27. The van der Waals surface area contributed by atoms with E-state index in [-0.39, 0.29) is 12.5 Å². The van der Waals surface area contributed by atoms with Gasteiger partial charge in [0.1, 0.15) is 17.2 Å². The Bertz CT molecular complexity index is 869. The van der Waals surface area contributed by atoms with Crippen molar-refractivity contribution < 1.29 is 9.53 Å². The minimum Gasteiger partial charge on any atom is -0.456 e. The molecule has 128 valence electrons. The number of hydrogen-bond acceptors (Lipinski definition) is 5. The lowest BCUT2D eigenvalue weighted by atomic mass is 10.2. The first kappa shape index (κ1) is 16.7. The van der Waals surface area contributed by atoms with Gasteiger partial charge in [-0.2, -0.15) is 5.10 Å². The lowest BCUT2D eigenvalue weighted by Gasteiger charge is -2.09. The molecule has 0 saturated carbocycles. The zero-order chi connectivity index (χ0) is 17.8. The van der Waals surface area contributed by atoms with Crippen molar-refractivity contribution in [3.8, 4) is 11.5 Å². The number of hydrogen-bond donors (Lipinski definition) is 2. The van der Waals surface area contributed by atoms with Gasteiger partial charge < -0.3 is 15.8 Å². The molecule has 0 bridgehead atoms. The highest BCUT2D eigenvalue weighted by atomic mass is 16.5. The monoisotopic (exact) mass is 337 g/mol. The number of carbonyl (C=O) groups excluding carboxylic acids is 1. The molecule has 2 heterocycles. The summed E-state index contributed by atoms with van der Waals surface area (Å²) in [5.74, 6) is 1.06. The Morgan fingerprint density at radius 2 is 1.88 bits per heavy atom. The molecule has 3 aromatic rings. The van der Waals surface area contributed by atoms with Crippen LogP contribution < -0.4 is 15.8 Å². The van der Waals surface area contributed by atoms with Crippen molar-refractivity contribution in [2.24, 2.45) is 12.8 Å². The van der Waals surface area contributed by atoms with Crippen LogP contribution in [0.25, 0.3) is 0 Å². The predicted octanol–water partition coefficient (Wildman–Crippen LogP) is 2.63. The van der Waals surface area contributed by atoms with E-state index in [0.29, 0.717) is 28.4 Å². The molecule has 0 unspecified atom stereocenters. The topological polar surface area (TPSA) is 95.1 Å². The number of anilines is 1. The number of nitrogens with one attached hydrogen (secondary N) is 1. The normalized spacial score (nSPS) is 10.5. The van der Waals surface area contributed by atoms with E-state index in [0.717, 1.165) is 5.69 Å². The molecule has 25 heavy (non-hydrogen) atoms. The third-order valence-corrected chi connectivity index (χ3v) is 3.68. The molecule has 1 amide bonds. The molecule has 7 nitrogen and oxygen atoms in total. The zero-order valence-corrected chi connectivity index (χ0v) is 14.1. The first-order valence-electron chi connectivity index (χ1n) is 7.79. The SMILES string of the molecule is Cc1ccc(Oc2ccc(NC(=O)c3c(CN)cnn3C)cc2)cn1. The highest BCUT2D eigenvalue weighted by molar-refractivity contribution is 6.04. The number of pyridine rings is 1. The van der Waals surface area contributed by atoms with Gasteiger partial charge in [0.05, 0.1) is 12.4 Å². The molecule has 3 N–H and O–H groups in total. The minimum absolute atomic E-state index is 0.253. The Balaban J connectivity index is 1.69. The lowest BCUT2D eigenvalue weighted by molar-refractivity contribution is 0.101. The summed E-state index contributed by atoms with van der Waals surface area (Å²) in [7, 11) is 1.71. The van der Waals surface area contributed by atoms with Gasteiger partial charge >= 0.3 is 0 Å². The summed E-state index contributed by atoms with van der Waals surface area (Å²) in [6, 6.07) is 10.8. The molecule has 0 atom stereocenters. The molecule has 0 aliphatic rings. The summed E-state index contributed by atoms with van der Waals surface area (Å²) >= 11 is 0. The van der Waals surface area contributed by atoms with Crippen LogP contribution in [0.5, 0.6) is 11.5 Å². The average molecular weight is 337 g/mol. The van der Waals surface area contributed by atoms with Crippen LogP contribution in [0.1, 0.15) is 21.7 Å². The van der Waals surface area contributed by atoms with Gasteiger partial charge in [0, 0.05) is 30.5 Å². The van der Waals surface area contributed by atoms with Gasteiger partial charge in [-0.25, -0.2) is 0 Å². The molecule has 0 radical (unpaired) electrons. The molecule has 0 aliphatic carbocycles. The first-order valence-corrected chi connectivity index (χ1v) is 7.79. The van der Waals surface area contributed by atoms with Crippen LogP contribution in [-0.4, -0.2) is 20.7 Å². The molecular formula is C18H19N5O2. The highest BCUT2D eigenvalue weighted by Gasteiger charge is 2.16. The van der Waals surface area contributed by atoms with Crippen molar-refractivity contribution >= 4 is 11.6 Å². The molecule has 0 saturated heterocycles. The number of benzene rings is 1. The number of nitrogens with two attached hydrogens (primary N) is 1. The van der Waals surface area contributed by atoms with Gasteiger partial charge in [-0.15, -0.1) is 0 Å². The number of aromatic nitrogens is 3. The fourth-order valence-electron chi connectivity index (χ4n) is 2.37. The molecule has 3 rings (SSSR count). The Morgan fingerprint density at radius 3 is 2.52 bits per heavy atom.